The SMILES string of the molecule is CCN1CCC(CCNC(=NC)N(C)CCC2CCOCC2)CC1.I. The molecule has 0 aromatic carbocycles. The molecule has 0 atom stereocenters. The first kappa shape index (κ1) is 23.0. The number of ether oxygens (including phenoxy) is 1. The number of likely N-dealkylation sites (tertiary alicyclic amines) is 1. The van der Waals surface area contributed by atoms with E-state index in [4.69, 9.17) is 4.74 Å². The fourth-order valence-electron chi connectivity index (χ4n) is 3.88. The van der Waals surface area contributed by atoms with E-state index in [1.807, 2.05) is 7.05 Å². The van der Waals surface area contributed by atoms with Gasteiger partial charge in [-0.05, 0) is 70.0 Å². The Morgan fingerprint density at radius 1 is 1.12 bits per heavy atom. The molecule has 0 saturated carbocycles. The predicted molar refractivity (Wildman–Crippen MR) is 117 cm³/mol. The minimum atomic E-state index is 0. The average molecular weight is 466 g/mol. The molecule has 2 fully saturated rings. The normalized spacial score (nSPS) is 21.0. The maximum Gasteiger partial charge on any atom is 0.193 e. The minimum Gasteiger partial charge on any atom is -0.381 e. The molecule has 0 aromatic heterocycles. The molecule has 2 saturated heterocycles. The smallest absolute Gasteiger partial charge is 0.193 e. The molecule has 2 rings (SSSR count). The number of aliphatic imine (C=N–C) groups is 1. The molecule has 0 spiro atoms. The van der Waals surface area contributed by atoms with Gasteiger partial charge in [-0.25, -0.2) is 0 Å². The molecule has 0 amide bonds. The summed E-state index contributed by atoms with van der Waals surface area (Å²) in [4.78, 5) is 9.31. The molecular formula is C19H39IN4O. The highest BCUT2D eigenvalue weighted by Gasteiger charge is 2.18. The first-order chi connectivity index (χ1) is 11.7. The summed E-state index contributed by atoms with van der Waals surface area (Å²) in [5.41, 5.74) is 0. The van der Waals surface area contributed by atoms with E-state index < -0.39 is 0 Å². The average Bonchev–Trinajstić information content (AvgIpc) is 2.64. The van der Waals surface area contributed by atoms with Crippen LogP contribution in [0.25, 0.3) is 0 Å². The van der Waals surface area contributed by atoms with Gasteiger partial charge in [0.15, 0.2) is 5.96 Å². The zero-order valence-corrected chi connectivity index (χ0v) is 18.8. The summed E-state index contributed by atoms with van der Waals surface area (Å²) in [5.74, 6) is 2.75. The predicted octanol–water partition coefficient (Wildman–Crippen LogP) is 3.05. The van der Waals surface area contributed by atoms with E-state index in [9.17, 15) is 0 Å². The number of nitrogens with zero attached hydrogens (tertiary/aromatic N) is 3. The van der Waals surface area contributed by atoms with E-state index in [2.05, 4.69) is 34.1 Å². The Hall–Kier alpha value is -0.0800. The number of piperidine rings is 1. The molecule has 2 aliphatic rings. The van der Waals surface area contributed by atoms with Crippen LogP contribution in [0, 0.1) is 11.8 Å². The molecule has 0 aromatic rings. The van der Waals surface area contributed by atoms with Gasteiger partial charge in [0.05, 0.1) is 0 Å². The molecular weight excluding hydrogens is 427 g/mol. The van der Waals surface area contributed by atoms with Crippen LogP contribution >= 0.6 is 24.0 Å². The Morgan fingerprint density at radius 3 is 2.36 bits per heavy atom. The maximum absolute atomic E-state index is 5.45. The zero-order chi connectivity index (χ0) is 17.2. The summed E-state index contributed by atoms with van der Waals surface area (Å²) < 4.78 is 5.45. The van der Waals surface area contributed by atoms with Crippen molar-refractivity contribution in [3.63, 3.8) is 0 Å². The first-order valence-electron chi connectivity index (χ1n) is 9.94. The molecule has 2 heterocycles. The molecule has 5 nitrogen and oxygen atoms in total. The van der Waals surface area contributed by atoms with E-state index in [-0.39, 0.29) is 24.0 Å². The van der Waals surface area contributed by atoms with Crippen LogP contribution in [0.3, 0.4) is 0 Å². The van der Waals surface area contributed by atoms with Gasteiger partial charge in [-0.15, -0.1) is 24.0 Å². The lowest BCUT2D eigenvalue weighted by Gasteiger charge is -2.31. The highest BCUT2D eigenvalue weighted by molar-refractivity contribution is 14.0. The zero-order valence-electron chi connectivity index (χ0n) is 16.5. The number of rotatable bonds is 7. The quantitative estimate of drug-likeness (QED) is 0.356. The van der Waals surface area contributed by atoms with Crippen molar-refractivity contribution in [2.24, 2.45) is 16.8 Å². The fourth-order valence-corrected chi connectivity index (χ4v) is 3.88. The summed E-state index contributed by atoms with van der Waals surface area (Å²) in [7, 11) is 4.06. The lowest BCUT2D eigenvalue weighted by Crippen LogP contribution is -2.41. The lowest BCUT2D eigenvalue weighted by atomic mass is 9.93. The molecule has 6 heteroatoms. The van der Waals surface area contributed by atoms with Crippen LogP contribution in [0.1, 0.15) is 45.4 Å². The number of nitrogens with one attached hydrogen (secondary N) is 1. The maximum atomic E-state index is 5.45. The molecule has 25 heavy (non-hydrogen) atoms. The number of hydrogen-bond acceptors (Lipinski definition) is 3. The van der Waals surface area contributed by atoms with Gasteiger partial charge in [0.25, 0.3) is 0 Å². The second-order valence-electron chi connectivity index (χ2n) is 7.41. The van der Waals surface area contributed by atoms with Crippen LogP contribution in [0.5, 0.6) is 0 Å². The largest absolute Gasteiger partial charge is 0.381 e. The van der Waals surface area contributed by atoms with Crippen LogP contribution in [0.2, 0.25) is 0 Å². The summed E-state index contributed by atoms with van der Waals surface area (Å²) in [6, 6.07) is 0. The Labute approximate surface area is 172 Å². The Bertz CT molecular complexity index is 366. The molecule has 1 N–H and O–H groups in total. The highest BCUT2D eigenvalue weighted by atomic mass is 127. The van der Waals surface area contributed by atoms with Gasteiger partial charge in [0.2, 0.25) is 0 Å². The lowest BCUT2D eigenvalue weighted by molar-refractivity contribution is 0.0625. The molecule has 148 valence electrons. The summed E-state index contributed by atoms with van der Waals surface area (Å²) in [6.07, 6.45) is 7.66. The van der Waals surface area contributed by atoms with Crippen molar-refractivity contribution in [3.05, 3.63) is 0 Å². The van der Waals surface area contributed by atoms with Crippen LogP contribution in [0.15, 0.2) is 4.99 Å². The molecule has 0 aliphatic carbocycles. The molecule has 0 radical (unpaired) electrons. The number of guanidine groups is 1. The van der Waals surface area contributed by atoms with Crippen molar-refractivity contribution in [1.29, 1.82) is 0 Å². The van der Waals surface area contributed by atoms with E-state index in [1.54, 1.807) is 0 Å². The second kappa shape index (κ2) is 13.1. The number of hydrogen-bond donors (Lipinski definition) is 1. The van der Waals surface area contributed by atoms with Crippen molar-refractivity contribution < 1.29 is 4.74 Å². The Balaban J connectivity index is 0.00000312. The van der Waals surface area contributed by atoms with Crippen molar-refractivity contribution in [1.82, 2.24) is 15.1 Å². The van der Waals surface area contributed by atoms with Gasteiger partial charge >= 0.3 is 0 Å². The van der Waals surface area contributed by atoms with Gasteiger partial charge in [-0.3, -0.25) is 4.99 Å². The van der Waals surface area contributed by atoms with Crippen LogP contribution in [-0.2, 0) is 4.74 Å². The monoisotopic (exact) mass is 466 g/mol. The topological polar surface area (TPSA) is 40.1 Å². The summed E-state index contributed by atoms with van der Waals surface area (Å²) in [6.45, 7) is 10.0. The van der Waals surface area contributed by atoms with Crippen LogP contribution in [-0.4, -0.2) is 75.8 Å². The first-order valence-corrected chi connectivity index (χ1v) is 9.94. The van der Waals surface area contributed by atoms with E-state index >= 15 is 0 Å². The van der Waals surface area contributed by atoms with Gasteiger partial charge < -0.3 is 19.9 Å². The van der Waals surface area contributed by atoms with E-state index in [0.717, 1.165) is 44.1 Å². The Morgan fingerprint density at radius 2 is 1.76 bits per heavy atom. The fraction of sp³-hybridized carbons (Fsp3) is 0.947. The van der Waals surface area contributed by atoms with E-state index in [1.165, 1.54) is 58.2 Å². The van der Waals surface area contributed by atoms with Crippen molar-refractivity contribution in [3.8, 4) is 0 Å². The van der Waals surface area contributed by atoms with Crippen LogP contribution in [0.4, 0.5) is 0 Å². The Kier molecular flexibility index (Phi) is 12.1. The minimum absolute atomic E-state index is 0. The molecule has 0 unspecified atom stereocenters. The van der Waals surface area contributed by atoms with Gasteiger partial charge in [0, 0.05) is 40.4 Å². The van der Waals surface area contributed by atoms with Crippen molar-refractivity contribution in [2.45, 2.75) is 45.4 Å². The molecule has 0 bridgehead atoms. The highest BCUT2D eigenvalue weighted by Crippen LogP contribution is 2.20. The third-order valence-electron chi connectivity index (χ3n) is 5.78. The molecule has 2 aliphatic heterocycles. The van der Waals surface area contributed by atoms with E-state index in [0.29, 0.717) is 0 Å². The summed E-state index contributed by atoms with van der Waals surface area (Å²) >= 11 is 0. The third-order valence-corrected chi connectivity index (χ3v) is 5.78. The van der Waals surface area contributed by atoms with Crippen molar-refractivity contribution >= 4 is 29.9 Å². The van der Waals surface area contributed by atoms with Gasteiger partial charge in [-0.1, -0.05) is 6.92 Å². The van der Waals surface area contributed by atoms with Crippen molar-refractivity contribution in [2.75, 3.05) is 60.0 Å². The second-order valence-corrected chi connectivity index (χ2v) is 7.41. The van der Waals surface area contributed by atoms with Gasteiger partial charge in [0.1, 0.15) is 0 Å². The van der Waals surface area contributed by atoms with Crippen LogP contribution < -0.4 is 5.32 Å². The van der Waals surface area contributed by atoms with Gasteiger partial charge in [-0.2, -0.15) is 0 Å². The standard InChI is InChI=1S/C19H38N4O.HI/c1-4-23-13-7-17(8-14-23)5-11-21-19(20-2)22(3)12-6-18-9-15-24-16-10-18;/h17-18H,4-16H2,1-3H3,(H,20,21);1H. The number of halogens is 1. The summed E-state index contributed by atoms with van der Waals surface area (Å²) in [5, 5.41) is 3.57. The third kappa shape index (κ3) is 8.43.